The lowest BCUT2D eigenvalue weighted by atomic mass is 10.1. The number of amides is 1. The Bertz CT molecular complexity index is 533. The van der Waals surface area contributed by atoms with Gasteiger partial charge in [-0.15, -0.1) is 11.3 Å². The molecule has 6 heteroatoms. The molecule has 0 aliphatic heterocycles. The molecule has 2 heterocycles. The molecule has 0 atom stereocenters. The van der Waals surface area contributed by atoms with Crippen molar-refractivity contribution in [3.05, 3.63) is 33.5 Å². The summed E-state index contributed by atoms with van der Waals surface area (Å²) in [5.41, 5.74) is 1.29. The zero-order valence-electron chi connectivity index (χ0n) is 11.2. The highest BCUT2D eigenvalue weighted by atomic mass is 32.1. The average molecular weight is 278 g/mol. The summed E-state index contributed by atoms with van der Waals surface area (Å²) in [4.78, 5) is 18.0. The largest absolute Gasteiger partial charge is 0.351 e. The highest BCUT2D eigenvalue weighted by Crippen LogP contribution is 2.22. The maximum Gasteiger partial charge on any atom is 0.261 e. The molecule has 0 aliphatic rings. The Morgan fingerprint density at radius 1 is 1.47 bits per heavy atom. The minimum atomic E-state index is -0.00466. The van der Waals surface area contributed by atoms with E-state index in [-0.39, 0.29) is 5.91 Å². The van der Waals surface area contributed by atoms with Crippen molar-refractivity contribution in [3.63, 3.8) is 0 Å². The van der Waals surface area contributed by atoms with Crippen molar-refractivity contribution in [2.75, 3.05) is 6.54 Å². The number of aryl methyl sites for hydroxylation is 2. The predicted molar refractivity (Wildman–Crippen MR) is 75.5 cm³/mol. The molecule has 2 aromatic heterocycles. The number of hydrogen-bond donors (Lipinski definition) is 2. The Labute approximate surface area is 116 Å². The van der Waals surface area contributed by atoms with E-state index >= 15 is 0 Å². The van der Waals surface area contributed by atoms with Crippen LogP contribution in [0.2, 0.25) is 0 Å². The number of aromatic nitrogens is 3. The second-order valence-corrected chi connectivity index (χ2v) is 5.64. The Balaban J connectivity index is 1.87. The van der Waals surface area contributed by atoms with Crippen LogP contribution >= 0.6 is 11.3 Å². The molecule has 0 spiro atoms. The Morgan fingerprint density at radius 2 is 2.32 bits per heavy atom. The fourth-order valence-electron chi connectivity index (χ4n) is 1.88. The van der Waals surface area contributed by atoms with Crippen LogP contribution in [0.5, 0.6) is 0 Å². The van der Waals surface area contributed by atoms with Crippen molar-refractivity contribution in [2.24, 2.45) is 0 Å². The summed E-state index contributed by atoms with van der Waals surface area (Å²) in [6.07, 6.45) is 4.27. The Morgan fingerprint density at radius 3 is 3.00 bits per heavy atom. The molecule has 0 saturated carbocycles. The van der Waals surface area contributed by atoms with E-state index in [2.05, 4.69) is 34.3 Å². The molecule has 0 saturated heterocycles. The van der Waals surface area contributed by atoms with Gasteiger partial charge in [0.2, 0.25) is 0 Å². The van der Waals surface area contributed by atoms with E-state index in [1.807, 2.05) is 6.07 Å². The number of aromatic amines is 1. The first-order valence-corrected chi connectivity index (χ1v) is 7.24. The van der Waals surface area contributed by atoms with Gasteiger partial charge >= 0.3 is 0 Å². The van der Waals surface area contributed by atoms with Crippen molar-refractivity contribution in [1.29, 1.82) is 0 Å². The van der Waals surface area contributed by atoms with E-state index in [1.165, 1.54) is 16.8 Å². The van der Waals surface area contributed by atoms with E-state index in [4.69, 9.17) is 0 Å². The number of rotatable bonds is 6. The van der Waals surface area contributed by atoms with Gasteiger partial charge < -0.3 is 5.32 Å². The van der Waals surface area contributed by atoms with Crippen molar-refractivity contribution < 1.29 is 4.79 Å². The van der Waals surface area contributed by atoms with E-state index in [0.29, 0.717) is 13.0 Å². The van der Waals surface area contributed by atoms with Crippen LogP contribution in [0.4, 0.5) is 0 Å². The maximum absolute atomic E-state index is 12.0. The number of carbonyl (C=O) groups excluding carboxylic acids is 1. The van der Waals surface area contributed by atoms with E-state index in [0.717, 1.165) is 23.5 Å². The second-order valence-electron chi connectivity index (χ2n) is 4.38. The van der Waals surface area contributed by atoms with Crippen LogP contribution in [0.1, 0.15) is 39.3 Å². The molecule has 5 nitrogen and oxygen atoms in total. The van der Waals surface area contributed by atoms with Gasteiger partial charge in [0.15, 0.2) is 0 Å². The normalized spacial score (nSPS) is 10.6. The summed E-state index contributed by atoms with van der Waals surface area (Å²) in [5, 5.41) is 9.44. The van der Waals surface area contributed by atoms with Gasteiger partial charge in [-0.3, -0.25) is 9.89 Å². The molecule has 0 aromatic carbocycles. The van der Waals surface area contributed by atoms with Gasteiger partial charge in [-0.2, -0.15) is 5.10 Å². The maximum atomic E-state index is 12.0. The topological polar surface area (TPSA) is 70.7 Å². The number of nitrogens with one attached hydrogen (secondary N) is 2. The average Bonchev–Trinajstić information content (AvgIpc) is 3.01. The molecule has 102 valence electrons. The highest BCUT2D eigenvalue weighted by molar-refractivity contribution is 7.14. The van der Waals surface area contributed by atoms with Crippen LogP contribution in [0.25, 0.3) is 0 Å². The summed E-state index contributed by atoms with van der Waals surface area (Å²) in [6.45, 7) is 4.78. The molecule has 0 aliphatic carbocycles. The summed E-state index contributed by atoms with van der Waals surface area (Å²) in [5.74, 6) is 0.782. The zero-order chi connectivity index (χ0) is 13.7. The van der Waals surface area contributed by atoms with Crippen LogP contribution in [-0.4, -0.2) is 27.6 Å². The molecule has 2 N–H and O–H groups in total. The standard InChI is InChI=1S/C13H18N4OS/c1-3-4-10-7-11(19-9(10)2)13(18)14-6-5-12-15-8-16-17-12/h7-8H,3-6H2,1-2H3,(H,14,18)(H,15,16,17). The molecule has 0 bridgehead atoms. The summed E-state index contributed by atoms with van der Waals surface area (Å²) in [6, 6.07) is 2.01. The van der Waals surface area contributed by atoms with Crippen molar-refractivity contribution in [1.82, 2.24) is 20.5 Å². The molecular formula is C13H18N4OS. The van der Waals surface area contributed by atoms with Gasteiger partial charge in [-0.25, -0.2) is 4.98 Å². The SMILES string of the molecule is CCCc1cc(C(=O)NCCc2ncn[nH]2)sc1C. The van der Waals surface area contributed by atoms with Crippen molar-refractivity contribution in [3.8, 4) is 0 Å². The van der Waals surface area contributed by atoms with E-state index in [1.54, 1.807) is 11.3 Å². The molecular weight excluding hydrogens is 260 g/mol. The van der Waals surface area contributed by atoms with Gasteiger partial charge in [0.1, 0.15) is 12.2 Å². The first-order valence-electron chi connectivity index (χ1n) is 6.42. The minimum Gasteiger partial charge on any atom is -0.351 e. The van der Waals surface area contributed by atoms with Crippen LogP contribution in [-0.2, 0) is 12.8 Å². The highest BCUT2D eigenvalue weighted by Gasteiger charge is 2.11. The van der Waals surface area contributed by atoms with E-state index in [9.17, 15) is 4.79 Å². The number of carbonyl (C=O) groups is 1. The third-order valence-corrected chi connectivity index (χ3v) is 3.97. The lowest BCUT2D eigenvalue weighted by Crippen LogP contribution is -2.25. The van der Waals surface area contributed by atoms with Gasteiger partial charge in [0.05, 0.1) is 4.88 Å². The number of hydrogen-bond acceptors (Lipinski definition) is 4. The lowest BCUT2D eigenvalue weighted by molar-refractivity contribution is 0.0958. The third-order valence-electron chi connectivity index (χ3n) is 2.88. The minimum absolute atomic E-state index is 0.00466. The van der Waals surface area contributed by atoms with Gasteiger partial charge in [-0.1, -0.05) is 13.3 Å². The van der Waals surface area contributed by atoms with Crippen LogP contribution in [0.3, 0.4) is 0 Å². The fourth-order valence-corrected chi connectivity index (χ4v) is 2.87. The molecule has 2 rings (SSSR count). The van der Waals surface area contributed by atoms with Gasteiger partial charge in [0.25, 0.3) is 5.91 Å². The molecule has 0 radical (unpaired) electrons. The monoisotopic (exact) mass is 278 g/mol. The molecule has 19 heavy (non-hydrogen) atoms. The van der Waals surface area contributed by atoms with Gasteiger partial charge in [0, 0.05) is 17.8 Å². The first kappa shape index (κ1) is 13.7. The van der Waals surface area contributed by atoms with Crippen LogP contribution < -0.4 is 5.32 Å². The summed E-state index contributed by atoms with van der Waals surface area (Å²) < 4.78 is 0. The number of thiophene rings is 1. The Kier molecular flexibility index (Phi) is 4.68. The summed E-state index contributed by atoms with van der Waals surface area (Å²) in [7, 11) is 0. The molecule has 0 fully saturated rings. The first-order chi connectivity index (χ1) is 9.20. The smallest absolute Gasteiger partial charge is 0.261 e. The summed E-state index contributed by atoms with van der Waals surface area (Å²) >= 11 is 1.56. The predicted octanol–water partition coefficient (Wildman–Crippen LogP) is 2.10. The molecule has 2 aromatic rings. The van der Waals surface area contributed by atoms with Gasteiger partial charge in [-0.05, 0) is 25.0 Å². The molecule has 0 unspecified atom stereocenters. The van der Waals surface area contributed by atoms with E-state index < -0.39 is 0 Å². The second kappa shape index (κ2) is 6.47. The van der Waals surface area contributed by atoms with Crippen molar-refractivity contribution in [2.45, 2.75) is 33.1 Å². The third kappa shape index (κ3) is 3.64. The quantitative estimate of drug-likeness (QED) is 0.850. The number of H-pyrrole nitrogens is 1. The zero-order valence-corrected chi connectivity index (χ0v) is 12.0. The fraction of sp³-hybridized carbons (Fsp3) is 0.462. The van der Waals surface area contributed by atoms with Crippen molar-refractivity contribution >= 4 is 17.2 Å². The Hall–Kier alpha value is -1.69. The molecule has 1 amide bonds. The van der Waals surface area contributed by atoms with Crippen LogP contribution in [0, 0.1) is 6.92 Å². The van der Waals surface area contributed by atoms with Crippen LogP contribution in [0.15, 0.2) is 12.4 Å². The number of nitrogens with zero attached hydrogens (tertiary/aromatic N) is 2. The lowest BCUT2D eigenvalue weighted by Gasteiger charge is -2.01.